The number of rotatable bonds is 11. The number of nitrogens with one attached hydrogen (secondary N) is 1. The molecule has 1 aromatic carbocycles. The monoisotopic (exact) mass is 297 g/mol. The predicted octanol–water partition coefficient (Wildman–Crippen LogP) is 5.19. The molecular weight excluding hydrogens is 270 g/mol. The maximum absolute atomic E-state index is 6.25. The molecule has 0 aliphatic heterocycles. The van der Waals surface area contributed by atoms with E-state index in [-0.39, 0.29) is 0 Å². The molecule has 0 saturated heterocycles. The summed E-state index contributed by atoms with van der Waals surface area (Å²) in [6, 6.07) is 6.06. The minimum absolute atomic E-state index is 0.717. The van der Waals surface area contributed by atoms with E-state index in [4.69, 9.17) is 16.3 Å². The SMILES string of the molecule is CCCCCCCOc1ccc(CNCCC)cc1Cl. The molecule has 0 aromatic heterocycles. The summed E-state index contributed by atoms with van der Waals surface area (Å²) >= 11 is 6.25. The van der Waals surface area contributed by atoms with Gasteiger partial charge in [0, 0.05) is 6.54 Å². The van der Waals surface area contributed by atoms with Crippen LogP contribution in [0.5, 0.6) is 5.75 Å². The van der Waals surface area contributed by atoms with Gasteiger partial charge < -0.3 is 10.1 Å². The maximum Gasteiger partial charge on any atom is 0.137 e. The summed E-state index contributed by atoms with van der Waals surface area (Å²) in [6.07, 6.45) is 7.39. The summed E-state index contributed by atoms with van der Waals surface area (Å²) in [7, 11) is 0. The van der Waals surface area contributed by atoms with Crippen molar-refractivity contribution in [3.05, 3.63) is 28.8 Å². The lowest BCUT2D eigenvalue weighted by Crippen LogP contribution is -2.13. The van der Waals surface area contributed by atoms with Crippen molar-refractivity contribution in [2.24, 2.45) is 0 Å². The molecular formula is C17H28ClNO. The zero-order chi connectivity index (χ0) is 14.6. The number of hydrogen-bond donors (Lipinski definition) is 1. The van der Waals surface area contributed by atoms with Crippen LogP contribution in [0.25, 0.3) is 0 Å². The minimum Gasteiger partial charge on any atom is -0.492 e. The third kappa shape index (κ3) is 7.16. The highest BCUT2D eigenvalue weighted by atomic mass is 35.5. The van der Waals surface area contributed by atoms with E-state index in [0.29, 0.717) is 5.02 Å². The van der Waals surface area contributed by atoms with Crippen LogP contribution in [-0.4, -0.2) is 13.2 Å². The summed E-state index contributed by atoms with van der Waals surface area (Å²) < 4.78 is 5.75. The van der Waals surface area contributed by atoms with Crippen LogP contribution in [0.4, 0.5) is 0 Å². The Labute approximate surface area is 128 Å². The van der Waals surface area contributed by atoms with Gasteiger partial charge in [0.25, 0.3) is 0 Å². The number of benzene rings is 1. The Kier molecular flexibility index (Phi) is 9.52. The highest BCUT2D eigenvalue weighted by Crippen LogP contribution is 2.25. The van der Waals surface area contributed by atoms with E-state index in [2.05, 4.69) is 25.2 Å². The largest absolute Gasteiger partial charge is 0.492 e. The van der Waals surface area contributed by atoms with Gasteiger partial charge in [0.15, 0.2) is 0 Å². The molecule has 2 nitrogen and oxygen atoms in total. The fourth-order valence-corrected chi connectivity index (χ4v) is 2.33. The highest BCUT2D eigenvalue weighted by Gasteiger charge is 2.03. The van der Waals surface area contributed by atoms with Crippen LogP contribution in [0.1, 0.15) is 57.9 Å². The van der Waals surface area contributed by atoms with Crippen molar-refractivity contribution in [2.75, 3.05) is 13.2 Å². The van der Waals surface area contributed by atoms with Crippen molar-refractivity contribution in [3.8, 4) is 5.75 Å². The number of hydrogen-bond acceptors (Lipinski definition) is 2. The van der Waals surface area contributed by atoms with E-state index in [1.54, 1.807) is 0 Å². The summed E-state index contributed by atoms with van der Waals surface area (Å²) in [5.41, 5.74) is 1.21. The molecule has 114 valence electrons. The molecule has 20 heavy (non-hydrogen) atoms. The maximum atomic E-state index is 6.25. The first-order valence-corrected chi connectivity index (χ1v) is 8.27. The van der Waals surface area contributed by atoms with E-state index in [1.807, 2.05) is 12.1 Å². The fourth-order valence-electron chi connectivity index (χ4n) is 2.07. The molecule has 0 fully saturated rings. The molecule has 0 radical (unpaired) electrons. The third-order valence-corrected chi connectivity index (χ3v) is 3.55. The Morgan fingerprint density at radius 2 is 1.85 bits per heavy atom. The molecule has 0 atom stereocenters. The fraction of sp³-hybridized carbons (Fsp3) is 0.647. The van der Waals surface area contributed by atoms with Crippen LogP contribution >= 0.6 is 11.6 Å². The van der Waals surface area contributed by atoms with Crippen molar-refractivity contribution < 1.29 is 4.74 Å². The molecule has 0 aliphatic carbocycles. The van der Waals surface area contributed by atoms with Gasteiger partial charge in [0.05, 0.1) is 11.6 Å². The second-order valence-corrected chi connectivity index (χ2v) is 5.61. The smallest absolute Gasteiger partial charge is 0.137 e. The average Bonchev–Trinajstić information content (AvgIpc) is 2.45. The first kappa shape index (κ1) is 17.3. The number of halogens is 1. The lowest BCUT2D eigenvalue weighted by molar-refractivity contribution is 0.304. The minimum atomic E-state index is 0.717. The third-order valence-electron chi connectivity index (χ3n) is 3.26. The standard InChI is InChI=1S/C17H28ClNO/c1-3-5-6-7-8-12-20-17-10-9-15(13-16(17)18)14-19-11-4-2/h9-10,13,19H,3-8,11-12,14H2,1-2H3. The van der Waals surface area contributed by atoms with Gasteiger partial charge in [0.2, 0.25) is 0 Å². The van der Waals surface area contributed by atoms with Crippen molar-refractivity contribution in [3.63, 3.8) is 0 Å². The molecule has 0 unspecified atom stereocenters. The topological polar surface area (TPSA) is 21.3 Å². The van der Waals surface area contributed by atoms with Gasteiger partial charge in [-0.15, -0.1) is 0 Å². The summed E-state index contributed by atoms with van der Waals surface area (Å²) in [5.74, 6) is 0.807. The Bertz CT molecular complexity index is 368. The predicted molar refractivity (Wildman–Crippen MR) is 87.7 cm³/mol. The Morgan fingerprint density at radius 3 is 2.55 bits per heavy atom. The van der Waals surface area contributed by atoms with Crippen LogP contribution in [0.2, 0.25) is 5.02 Å². The van der Waals surface area contributed by atoms with E-state index < -0.39 is 0 Å². The van der Waals surface area contributed by atoms with Crippen molar-refractivity contribution in [2.45, 2.75) is 58.9 Å². The quantitative estimate of drug-likeness (QED) is 0.568. The first-order chi connectivity index (χ1) is 9.77. The van der Waals surface area contributed by atoms with Crippen LogP contribution in [0.3, 0.4) is 0 Å². The second kappa shape index (κ2) is 11.0. The van der Waals surface area contributed by atoms with Gasteiger partial charge in [-0.05, 0) is 37.1 Å². The van der Waals surface area contributed by atoms with Gasteiger partial charge in [-0.2, -0.15) is 0 Å². The van der Waals surface area contributed by atoms with E-state index in [0.717, 1.165) is 38.3 Å². The molecule has 1 rings (SSSR count). The van der Waals surface area contributed by atoms with E-state index in [9.17, 15) is 0 Å². The van der Waals surface area contributed by atoms with Crippen LogP contribution < -0.4 is 10.1 Å². The van der Waals surface area contributed by atoms with Crippen LogP contribution in [0.15, 0.2) is 18.2 Å². The van der Waals surface area contributed by atoms with Crippen molar-refractivity contribution in [1.29, 1.82) is 0 Å². The van der Waals surface area contributed by atoms with Gasteiger partial charge in [-0.3, -0.25) is 0 Å². The van der Waals surface area contributed by atoms with Crippen LogP contribution in [-0.2, 0) is 6.54 Å². The Hall–Kier alpha value is -0.730. The lowest BCUT2D eigenvalue weighted by atomic mass is 10.2. The first-order valence-electron chi connectivity index (χ1n) is 7.89. The van der Waals surface area contributed by atoms with Crippen LogP contribution in [0, 0.1) is 0 Å². The normalized spacial score (nSPS) is 10.8. The summed E-state index contributed by atoms with van der Waals surface area (Å²) in [5, 5.41) is 4.09. The van der Waals surface area contributed by atoms with Gasteiger partial charge in [-0.25, -0.2) is 0 Å². The van der Waals surface area contributed by atoms with Gasteiger partial charge >= 0.3 is 0 Å². The van der Waals surface area contributed by atoms with Crippen molar-refractivity contribution in [1.82, 2.24) is 5.32 Å². The van der Waals surface area contributed by atoms with Gasteiger partial charge in [0.1, 0.15) is 5.75 Å². The average molecular weight is 298 g/mol. The molecule has 0 heterocycles. The molecule has 0 spiro atoms. The zero-order valence-corrected chi connectivity index (χ0v) is 13.6. The van der Waals surface area contributed by atoms with E-state index in [1.165, 1.54) is 31.2 Å². The second-order valence-electron chi connectivity index (χ2n) is 5.20. The zero-order valence-electron chi connectivity index (χ0n) is 12.9. The van der Waals surface area contributed by atoms with Gasteiger partial charge in [-0.1, -0.05) is 57.2 Å². The molecule has 0 saturated carbocycles. The molecule has 0 bridgehead atoms. The Balaban J connectivity index is 2.28. The Morgan fingerprint density at radius 1 is 1.05 bits per heavy atom. The number of ether oxygens (including phenoxy) is 1. The molecule has 0 amide bonds. The summed E-state index contributed by atoms with van der Waals surface area (Å²) in [6.45, 7) is 7.06. The summed E-state index contributed by atoms with van der Waals surface area (Å²) in [4.78, 5) is 0. The molecule has 0 aliphatic rings. The molecule has 1 aromatic rings. The van der Waals surface area contributed by atoms with Crippen molar-refractivity contribution >= 4 is 11.6 Å². The highest BCUT2D eigenvalue weighted by molar-refractivity contribution is 6.32. The molecule has 1 N–H and O–H groups in total. The lowest BCUT2D eigenvalue weighted by Gasteiger charge is -2.10. The number of unbranched alkanes of at least 4 members (excludes halogenated alkanes) is 4. The van der Waals surface area contributed by atoms with E-state index >= 15 is 0 Å². The molecule has 3 heteroatoms.